The van der Waals surface area contributed by atoms with Crippen molar-refractivity contribution in [2.45, 2.75) is 50.4 Å². The SMILES string of the molecule is CC(C)(CC(=O)O)NC(=O)C(C)(NC(=O)OCC1c2ccccc2-c2ccccc21)C(F)(F)F. The molecule has 0 spiro atoms. The van der Waals surface area contributed by atoms with Crippen LogP contribution in [0, 0.1) is 0 Å². The normalized spacial score (nSPS) is 15.0. The molecule has 0 radical (unpaired) electrons. The van der Waals surface area contributed by atoms with Crippen LogP contribution in [0.15, 0.2) is 48.5 Å². The van der Waals surface area contributed by atoms with Gasteiger partial charge in [-0.15, -0.1) is 0 Å². The van der Waals surface area contributed by atoms with E-state index in [0.717, 1.165) is 22.3 Å². The van der Waals surface area contributed by atoms with Crippen molar-refractivity contribution in [2.24, 2.45) is 0 Å². The summed E-state index contributed by atoms with van der Waals surface area (Å²) in [5, 5.41) is 12.6. The first-order valence-electron chi connectivity index (χ1n) is 10.5. The molecule has 182 valence electrons. The van der Waals surface area contributed by atoms with Gasteiger partial charge in [-0.05, 0) is 43.0 Å². The Bertz CT molecular complexity index is 1070. The molecule has 3 rings (SSSR count). The van der Waals surface area contributed by atoms with E-state index in [-0.39, 0.29) is 12.5 Å². The summed E-state index contributed by atoms with van der Waals surface area (Å²) in [6, 6.07) is 14.9. The van der Waals surface area contributed by atoms with Crippen LogP contribution in [0.2, 0.25) is 0 Å². The van der Waals surface area contributed by atoms with Gasteiger partial charge in [-0.1, -0.05) is 48.5 Å². The van der Waals surface area contributed by atoms with Crippen molar-refractivity contribution in [3.05, 3.63) is 59.7 Å². The highest BCUT2D eigenvalue weighted by molar-refractivity contribution is 5.91. The van der Waals surface area contributed by atoms with Gasteiger partial charge in [0.15, 0.2) is 0 Å². The molecule has 2 aromatic rings. The fourth-order valence-electron chi connectivity index (χ4n) is 3.95. The molecule has 34 heavy (non-hydrogen) atoms. The van der Waals surface area contributed by atoms with Crippen molar-refractivity contribution in [3.8, 4) is 11.1 Å². The summed E-state index contributed by atoms with van der Waals surface area (Å²) in [5.74, 6) is -3.28. The standard InChI is InChI=1S/C24H25F3N2O5/c1-22(2,12-19(30)31)28-20(32)23(3,24(25,26)27)29-21(33)34-13-18-16-10-6-4-8-14(16)15-9-5-7-11-17(15)18/h4-11,18H,12-13H2,1-3H3,(H,28,32)(H,29,33)(H,30,31). The van der Waals surface area contributed by atoms with Crippen LogP contribution in [0.3, 0.4) is 0 Å². The van der Waals surface area contributed by atoms with Crippen LogP contribution in [-0.2, 0) is 14.3 Å². The Labute approximate surface area is 194 Å². The minimum atomic E-state index is -5.18. The second kappa shape index (κ2) is 9.00. The van der Waals surface area contributed by atoms with E-state index in [0.29, 0.717) is 6.92 Å². The summed E-state index contributed by atoms with van der Waals surface area (Å²) in [5.41, 5.74) is -1.17. The molecule has 0 saturated heterocycles. The Kier molecular flexibility index (Phi) is 6.64. The Balaban J connectivity index is 1.75. The zero-order valence-corrected chi connectivity index (χ0v) is 18.8. The highest BCUT2D eigenvalue weighted by Crippen LogP contribution is 2.44. The number of benzene rings is 2. The molecule has 0 fully saturated rings. The second-order valence-corrected chi connectivity index (χ2v) is 8.98. The van der Waals surface area contributed by atoms with Gasteiger partial charge in [0.25, 0.3) is 5.91 Å². The number of alkyl carbamates (subject to hydrolysis) is 1. The maximum Gasteiger partial charge on any atom is 0.420 e. The zero-order valence-electron chi connectivity index (χ0n) is 18.8. The molecular formula is C24H25F3N2O5. The molecular weight excluding hydrogens is 453 g/mol. The van der Waals surface area contributed by atoms with Crippen LogP contribution < -0.4 is 10.6 Å². The first kappa shape index (κ1) is 25.1. The highest BCUT2D eigenvalue weighted by atomic mass is 19.4. The van der Waals surface area contributed by atoms with Crippen molar-refractivity contribution in [2.75, 3.05) is 6.61 Å². The molecule has 0 bridgehead atoms. The number of amides is 2. The molecule has 0 aliphatic heterocycles. The maximum absolute atomic E-state index is 13.8. The van der Waals surface area contributed by atoms with Gasteiger partial charge in [-0.25, -0.2) is 4.79 Å². The molecule has 1 atom stereocenters. The third-order valence-corrected chi connectivity index (χ3v) is 5.76. The summed E-state index contributed by atoms with van der Waals surface area (Å²) in [7, 11) is 0. The number of hydrogen-bond donors (Lipinski definition) is 3. The fourth-order valence-corrected chi connectivity index (χ4v) is 3.95. The van der Waals surface area contributed by atoms with Gasteiger partial charge in [0.1, 0.15) is 6.61 Å². The highest BCUT2D eigenvalue weighted by Gasteiger charge is 2.59. The van der Waals surface area contributed by atoms with Gasteiger partial charge in [-0.3, -0.25) is 14.9 Å². The van der Waals surface area contributed by atoms with E-state index < -0.39 is 41.6 Å². The number of ether oxygens (including phenoxy) is 1. The average Bonchev–Trinajstić information content (AvgIpc) is 3.04. The number of carboxylic acids is 1. The number of alkyl halides is 3. The summed E-state index contributed by atoms with van der Waals surface area (Å²) < 4.78 is 46.7. The third-order valence-electron chi connectivity index (χ3n) is 5.76. The number of hydrogen-bond acceptors (Lipinski definition) is 4. The van der Waals surface area contributed by atoms with Gasteiger partial charge >= 0.3 is 18.2 Å². The Morgan fingerprint density at radius 3 is 1.88 bits per heavy atom. The maximum atomic E-state index is 13.8. The van der Waals surface area contributed by atoms with E-state index in [1.165, 1.54) is 13.8 Å². The number of aliphatic carboxylic acids is 1. The van der Waals surface area contributed by atoms with Gasteiger partial charge in [0.05, 0.1) is 6.42 Å². The third kappa shape index (κ3) is 5.00. The first-order valence-corrected chi connectivity index (χ1v) is 10.5. The van der Waals surface area contributed by atoms with Crippen LogP contribution in [-0.4, -0.2) is 46.9 Å². The smallest absolute Gasteiger partial charge is 0.420 e. The molecule has 1 aliphatic carbocycles. The number of carboxylic acid groups (broad SMARTS) is 1. The molecule has 1 aliphatic rings. The van der Waals surface area contributed by atoms with Gasteiger partial charge in [-0.2, -0.15) is 13.2 Å². The van der Waals surface area contributed by atoms with Gasteiger partial charge in [0, 0.05) is 11.5 Å². The van der Waals surface area contributed by atoms with Gasteiger partial charge in [0.2, 0.25) is 5.54 Å². The number of carbonyl (C=O) groups excluding carboxylic acids is 2. The molecule has 7 nitrogen and oxygen atoms in total. The summed E-state index contributed by atoms with van der Waals surface area (Å²) in [6.07, 6.45) is -7.22. The first-order chi connectivity index (χ1) is 15.7. The van der Waals surface area contributed by atoms with Crippen LogP contribution >= 0.6 is 0 Å². The van der Waals surface area contributed by atoms with E-state index in [9.17, 15) is 27.6 Å². The quantitative estimate of drug-likeness (QED) is 0.553. The zero-order chi connectivity index (χ0) is 25.3. The minimum absolute atomic E-state index is 0.236. The predicted molar refractivity (Wildman–Crippen MR) is 117 cm³/mol. The van der Waals surface area contributed by atoms with Crippen molar-refractivity contribution >= 4 is 18.0 Å². The topological polar surface area (TPSA) is 105 Å². The Morgan fingerprint density at radius 2 is 1.41 bits per heavy atom. The predicted octanol–water partition coefficient (Wildman–Crippen LogP) is 4.22. The van der Waals surface area contributed by atoms with Crippen molar-refractivity contribution < 1.29 is 37.4 Å². The largest absolute Gasteiger partial charge is 0.481 e. The van der Waals surface area contributed by atoms with E-state index >= 15 is 0 Å². The van der Waals surface area contributed by atoms with Crippen molar-refractivity contribution in [1.29, 1.82) is 0 Å². The lowest BCUT2D eigenvalue weighted by atomic mass is 9.95. The second-order valence-electron chi connectivity index (χ2n) is 8.98. The lowest BCUT2D eigenvalue weighted by molar-refractivity contribution is -0.194. The van der Waals surface area contributed by atoms with E-state index in [1.807, 2.05) is 48.5 Å². The van der Waals surface area contributed by atoms with Crippen LogP contribution in [0.4, 0.5) is 18.0 Å². The lowest BCUT2D eigenvalue weighted by Crippen LogP contribution is -2.67. The number of halogens is 3. The number of carbonyl (C=O) groups is 3. The molecule has 3 N–H and O–H groups in total. The summed E-state index contributed by atoms with van der Waals surface area (Å²) in [6.45, 7) is 2.80. The number of fused-ring (bicyclic) bond motifs is 3. The van der Waals surface area contributed by atoms with E-state index in [4.69, 9.17) is 9.84 Å². The summed E-state index contributed by atoms with van der Waals surface area (Å²) in [4.78, 5) is 35.9. The molecule has 0 heterocycles. The number of rotatable bonds is 7. The Morgan fingerprint density at radius 1 is 0.912 bits per heavy atom. The molecule has 0 saturated carbocycles. The fraction of sp³-hybridized carbons (Fsp3) is 0.375. The lowest BCUT2D eigenvalue weighted by Gasteiger charge is -2.35. The minimum Gasteiger partial charge on any atom is -0.481 e. The molecule has 2 aromatic carbocycles. The molecule has 1 unspecified atom stereocenters. The molecule has 10 heteroatoms. The van der Waals surface area contributed by atoms with Crippen LogP contribution in [0.5, 0.6) is 0 Å². The van der Waals surface area contributed by atoms with E-state index in [1.54, 1.807) is 5.32 Å². The van der Waals surface area contributed by atoms with Crippen LogP contribution in [0.1, 0.15) is 44.2 Å². The monoisotopic (exact) mass is 478 g/mol. The number of nitrogens with one attached hydrogen (secondary N) is 2. The van der Waals surface area contributed by atoms with Gasteiger partial charge < -0.3 is 15.2 Å². The average molecular weight is 478 g/mol. The van der Waals surface area contributed by atoms with Crippen molar-refractivity contribution in [3.63, 3.8) is 0 Å². The Hall–Kier alpha value is -3.56. The summed E-state index contributed by atoms with van der Waals surface area (Å²) >= 11 is 0. The van der Waals surface area contributed by atoms with E-state index in [2.05, 4.69) is 5.32 Å². The molecule has 2 amide bonds. The van der Waals surface area contributed by atoms with Crippen LogP contribution in [0.25, 0.3) is 11.1 Å². The molecule has 0 aromatic heterocycles. The van der Waals surface area contributed by atoms with Crippen molar-refractivity contribution in [1.82, 2.24) is 10.6 Å².